The summed E-state index contributed by atoms with van der Waals surface area (Å²) >= 11 is 0. The second-order valence-corrected chi connectivity index (χ2v) is 12.1. The van der Waals surface area contributed by atoms with Gasteiger partial charge in [0.15, 0.2) is 0 Å². The molecule has 0 aliphatic carbocycles. The average Bonchev–Trinajstić information content (AvgIpc) is 3.12. The van der Waals surface area contributed by atoms with Crippen LogP contribution in [0.2, 0.25) is 0 Å². The molecule has 0 saturated carbocycles. The van der Waals surface area contributed by atoms with Crippen molar-refractivity contribution >= 4 is 22.7 Å². The van der Waals surface area contributed by atoms with Crippen LogP contribution in [-0.2, 0) is 19.9 Å². The smallest absolute Gasteiger partial charge is 0.337 e. The zero-order valence-corrected chi connectivity index (χ0v) is 26.9. The molecule has 0 saturated heterocycles. The third-order valence-electron chi connectivity index (χ3n) is 9.04. The zero-order chi connectivity index (χ0) is 33.2. The van der Waals surface area contributed by atoms with Crippen molar-refractivity contribution in [3.63, 3.8) is 0 Å². The number of aliphatic hydroxyl groups is 1. The predicted octanol–water partition coefficient (Wildman–Crippen LogP) is 8.36. The SMILES string of the molecule is COC(=O)c1ccc2ccc(C(C)CCCC[C@@H](O)[C@@H](COC(c3ccccc3)(c3ccccc3)c3ccccc3)C(=O)O)cc2c1. The number of hydrogen-bond donors (Lipinski definition) is 2. The molecule has 6 heteroatoms. The molecule has 5 aromatic rings. The molecule has 0 fully saturated rings. The molecule has 0 heterocycles. The molecule has 0 radical (unpaired) electrons. The number of benzene rings is 5. The first-order chi connectivity index (χ1) is 22.8. The number of aliphatic carboxylic acids is 1. The van der Waals surface area contributed by atoms with Gasteiger partial charge in [-0.05, 0) is 63.9 Å². The number of carboxylic acids is 1. The molecule has 0 amide bonds. The Labute approximate surface area is 276 Å². The second-order valence-electron chi connectivity index (χ2n) is 12.1. The average molecular weight is 631 g/mol. The van der Waals surface area contributed by atoms with Gasteiger partial charge in [-0.2, -0.15) is 0 Å². The van der Waals surface area contributed by atoms with Crippen molar-refractivity contribution in [3.8, 4) is 0 Å². The third kappa shape index (κ3) is 7.79. The van der Waals surface area contributed by atoms with E-state index in [1.165, 1.54) is 7.11 Å². The third-order valence-corrected chi connectivity index (χ3v) is 9.04. The first kappa shape index (κ1) is 33.6. The van der Waals surface area contributed by atoms with Gasteiger partial charge < -0.3 is 19.7 Å². The van der Waals surface area contributed by atoms with E-state index in [4.69, 9.17) is 9.47 Å². The van der Waals surface area contributed by atoms with Crippen LogP contribution in [0.15, 0.2) is 127 Å². The highest BCUT2D eigenvalue weighted by atomic mass is 16.5. The topological polar surface area (TPSA) is 93.1 Å². The fourth-order valence-corrected chi connectivity index (χ4v) is 6.32. The molecule has 47 heavy (non-hydrogen) atoms. The Morgan fingerprint density at radius 1 is 0.702 bits per heavy atom. The van der Waals surface area contributed by atoms with Gasteiger partial charge in [-0.1, -0.05) is 135 Å². The van der Waals surface area contributed by atoms with Crippen LogP contribution >= 0.6 is 0 Å². The minimum absolute atomic E-state index is 0.170. The number of ether oxygens (including phenoxy) is 2. The summed E-state index contributed by atoms with van der Waals surface area (Å²) in [5.41, 5.74) is 3.24. The van der Waals surface area contributed by atoms with Crippen molar-refractivity contribution in [1.29, 1.82) is 0 Å². The lowest BCUT2D eigenvalue weighted by Gasteiger charge is -2.37. The van der Waals surface area contributed by atoms with E-state index >= 15 is 0 Å². The van der Waals surface area contributed by atoms with E-state index in [9.17, 15) is 19.8 Å². The highest BCUT2D eigenvalue weighted by Gasteiger charge is 2.40. The van der Waals surface area contributed by atoms with Gasteiger partial charge in [0.25, 0.3) is 0 Å². The summed E-state index contributed by atoms with van der Waals surface area (Å²) in [5, 5.41) is 23.4. The summed E-state index contributed by atoms with van der Waals surface area (Å²) in [4.78, 5) is 24.5. The van der Waals surface area contributed by atoms with Crippen LogP contribution in [-0.4, -0.2) is 42.0 Å². The van der Waals surface area contributed by atoms with Crippen molar-refractivity contribution in [1.82, 2.24) is 0 Å². The van der Waals surface area contributed by atoms with Gasteiger partial charge in [0, 0.05) is 0 Å². The number of aliphatic hydroxyl groups excluding tert-OH is 1. The summed E-state index contributed by atoms with van der Waals surface area (Å²) in [5.74, 6) is -2.30. The van der Waals surface area contributed by atoms with Crippen molar-refractivity contribution in [3.05, 3.63) is 155 Å². The summed E-state index contributed by atoms with van der Waals surface area (Å²) in [6.45, 7) is 1.99. The lowest BCUT2D eigenvalue weighted by molar-refractivity contribution is -0.151. The van der Waals surface area contributed by atoms with Crippen molar-refractivity contribution in [2.24, 2.45) is 5.92 Å². The largest absolute Gasteiger partial charge is 0.481 e. The Morgan fingerprint density at radius 3 is 1.77 bits per heavy atom. The Kier molecular flexibility index (Phi) is 11.2. The maximum absolute atomic E-state index is 12.5. The predicted molar refractivity (Wildman–Crippen MR) is 184 cm³/mol. The fourth-order valence-electron chi connectivity index (χ4n) is 6.32. The Bertz CT molecular complexity index is 1660. The van der Waals surface area contributed by atoms with Gasteiger partial charge in [0.05, 0.1) is 25.4 Å². The summed E-state index contributed by atoms with van der Waals surface area (Å²) in [7, 11) is 1.38. The van der Waals surface area contributed by atoms with E-state index in [-0.39, 0.29) is 18.5 Å². The van der Waals surface area contributed by atoms with E-state index in [2.05, 4.69) is 25.1 Å². The molecule has 1 unspecified atom stereocenters. The zero-order valence-electron chi connectivity index (χ0n) is 26.9. The summed E-state index contributed by atoms with van der Waals surface area (Å²) in [6, 6.07) is 41.2. The number of esters is 1. The summed E-state index contributed by atoms with van der Waals surface area (Å²) < 4.78 is 11.6. The number of methoxy groups -OCH3 is 1. The van der Waals surface area contributed by atoms with Crippen LogP contribution in [0.5, 0.6) is 0 Å². The maximum atomic E-state index is 12.5. The first-order valence-electron chi connectivity index (χ1n) is 16.2. The molecule has 6 nitrogen and oxygen atoms in total. The Balaban J connectivity index is 1.26. The molecule has 3 atom stereocenters. The Hall–Kier alpha value is -4.78. The van der Waals surface area contributed by atoms with Gasteiger partial charge in [-0.15, -0.1) is 0 Å². The number of carbonyl (C=O) groups excluding carboxylic acids is 1. The maximum Gasteiger partial charge on any atom is 0.337 e. The number of carbonyl (C=O) groups is 2. The minimum Gasteiger partial charge on any atom is -0.481 e. The quantitative estimate of drug-likeness (QED) is 0.0686. The van der Waals surface area contributed by atoms with Crippen LogP contribution in [0.3, 0.4) is 0 Å². The molecular weight excluding hydrogens is 588 g/mol. The van der Waals surface area contributed by atoms with Crippen molar-refractivity contribution in [2.75, 3.05) is 13.7 Å². The van der Waals surface area contributed by atoms with Crippen LogP contribution in [0.25, 0.3) is 10.8 Å². The van der Waals surface area contributed by atoms with Crippen molar-refractivity contribution < 1.29 is 29.3 Å². The van der Waals surface area contributed by atoms with Crippen LogP contribution < -0.4 is 0 Å². The standard InChI is InChI=1S/C41H42O6/c1-29(31-24-22-30-23-25-32(40(45)46-2)27-33(30)26-31)14-12-13-21-38(42)37(39(43)44)28-47-41(34-15-6-3-7-16-34,35-17-8-4-9-18-35)36-19-10-5-11-20-36/h3-11,15-20,22-27,29,37-38,42H,12-14,21,28H2,1-2H3,(H,43,44)/t29?,37-,38-/m1/s1. The second kappa shape index (κ2) is 15.7. The first-order valence-corrected chi connectivity index (χ1v) is 16.2. The summed E-state index contributed by atoms with van der Waals surface area (Å²) in [6.07, 6.45) is 1.66. The number of hydrogen-bond acceptors (Lipinski definition) is 5. The number of rotatable bonds is 15. The molecule has 5 aromatic carbocycles. The van der Waals surface area contributed by atoms with E-state index in [0.717, 1.165) is 45.9 Å². The molecule has 0 aliphatic heterocycles. The Morgan fingerprint density at radius 2 is 1.23 bits per heavy atom. The molecule has 242 valence electrons. The molecule has 0 aliphatic rings. The van der Waals surface area contributed by atoms with E-state index in [1.54, 1.807) is 6.07 Å². The highest BCUT2D eigenvalue weighted by Crippen LogP contribution is 2.41. The number of carboxylic acid groups (broad SMARTS) is 1. The van der Waals surface area contributed by atoms with Gasteiger partial charge >= 0.3 is 11.9 Å². The highest BCUT2D eigenvalue weighted by molar-refractivity contribution is 5.95. The van der Waals surface area contributed by atoms with E-state index < -0.39 is 23.6 Å². The van der Waals surface area contributed by atoms with Crippen molar-refractivity contribution in [2.45, 2.75) is 50.2 Å². The lowest BCUT2D eigenvalue weighted by atomic mass is 9.80. The molecule has 0 spiro atoms. The fraction of sp³-hybridized carbons (Fsp3) is 0.268. The number of unbranched alkanes of at least 4 members (excludes halogenated alkanes) is 1. The molecular formula is C41H42O6. The monoisotopic (exact) mass is 630 g/mol. The van der Waals surface area contributed by atoms with E-state index in [1.807, 2.05) is 103 Å². The van der Waals surface area contributed by atoms with Gasteiger partial charge in [0.2, 0.25) is 0 Å². The van der Waals surface area contributed by atoms with E-state index in [0.29, 0.717) is 18.4 Å². The molecule has 0 aromatic heterocycles. The number of fused-ring (bicyclic) bond motifs is 1. The van der Waals surface area contributed by atoms with Crippen LogP contribution in [0, 0.1) is 5.92 Å². The minimum atomic E-state index is -1.10. The molecule has 5 rings (SSSR count). The van der Waals surface area contributed by atoms with Gasteiger partial charge in [-0.3, -0.25) is 4.79 Å². The lowest BCUT2D eigenvalue weighted by Crippen LogP contribution is -2.39. The molecule has 2 N–H and O–H groups in total. The van der Waals surface area contributed by atoms with Crippen LogP contribution in [0.1, 0.15) is 71.1 Å². The van der Waals surface area contributed by atoms with Gasteiger partial charge in [0.1, 0.15) is 11.5 Å². The van der Waals surface area contributed by atoms with Crippen LogP contribution in [0.4, 0.5) is 0 Å². The normalized spacial score (nSPS) is 13.5. The molecule has 0 bridgehead atoms. The van der Waals surface area contributed by atoms with Gasteiger partial charge in [-0.25, -0.2) is 4.79 Å².